The molecule has 2 aromatic rings. The van der Waals surface area contributed by atoms with Crippen LogP contribution in [0.3, 0.4) is 0 Å². The lowest BCUT2D eigenvalue weighted by atomic mass is 10.1. The third-order valence-electron chi connectivity index (χ3n) is 3.88. The molecule has 2 rings (SSSR count). The number of nitrogens with one attached hydrogen (secondary N) is 2. The molecule has 0 fully saturated rings. The summed E-state index contributed by atoms with van der Waals surface area (Å²) in [7, 11) is 3.22. The highest BCUT2D eigenvalue weighted by atomic mass is 16.5. The molecule has 0 unspecified atom stereocenters. The van der Waals surface area contributed by atoms with Gasteiger partial charge < -0.3 is 25.8 Å². The molecule has 0 radical (unpaired) electrons. The van der Waals surface area contributed by atoms with E-state index >= 15 is 0 Å². The Labute approximate surface area is 159 Å². The number of hydrogen-bond acceptors (Lipinski definition) is 4. The van der Waals surface area contributed by atoms with Gasteiger partial charge in [0.05, 0.1) is 20.8 Å². The molecule has 4 N–H and O–H groups in total. The number of primary amides is 1. The number of ether oxygens (including phenoxy) is 2. The molecule has 0 aliphatic heterocycles. The van der Waals surface area contributed by atoms with Crippen LogP contribution in [0.4, 0.5) is 0 Å². The van der Waals surface area contributed by atoms with E-state index in [1.54, 1.807) is 32.4 Å². The van der Waals surface area contributed by atoms with Crippen LogP contribution in [0, 0.1) is 0 Å². The van der Waals surface area contributed by atoms with Crippen LogP contribution in [0.15, 0.2) is 47.5 Å². The van der Waals surface area contributed by atoms with E-state index in [0.717, 1.165) is 17.7 Å². The Hall–Kier alpha value is -3.22. The number of hydrogen-bond donors (Lipinski definition) is 3. The van der Waals surface area contributed by atoms with Gasteiger partial charge in [0.15, 0.2) is 17.5 Å². The molecule has 0 aromatic heterocycles. The summed E-state index contributed by atoms with van der Waals surface area (Å²) in [6, 6.07) is 12.9. The maximum absolute atomic E-state index is 11.3. The van der Waals surface area contributed by atoms with Gasteiger partial charge in [-0.05, 0) is 42.3 Å². The molecule has 0 aliphatic rings. The van der Waals surface area contributed by atoms with E-state index in [4.69, 9.17) is 15.2 Å². The van der Waals surface area contributed by atoms with Gasteiger partial charge in [0, 0.05) is 18.7 Å². The van der Waals surface area contributed by atoms with Gasteiger partial charge in [-0.25, -0.2) is 4.99 Å². The minimum atomic E-state index is -0.445. The van der Waals surface area contributed by atoms with Crippen LogP contribution in [0.1, 0.15) is 28.4 Å². The van der Waals surface area contributed by atoms with E-state index in [2.05, 4.69) is 15.6 Å². The van der Waals surface area contributed by atoms with Crippen molar-refractivity contribution in [3.63, 3.8) is 0 Å². The van der Waals surface area contributed by atoms with E-state index < -0.39 is 5.91 Å². The highest BCUT2D eigenvalue weighted by molar-refractivity contribution is 5.92. The van der Waals surface area contributed by atoms with Crippen molar-refractivity contribution < 1.29 is 14.3 Å². The van der Waals surface area contributed by atoms with Gasteiger partial charge in [-0.1, -0.05) is 18.2 Å². The lowest BCUT2D eigenvalue weighted by Crippen LogP contribution is -2.36. The lowest BCUT2D eigenvalue weighted by molar-refractivity contribution is 0.1000. The van der Waals surface area contributed by atoms with Gasteiger partial charge in [0.25, 0.3) is 0 Å². The van der Waals surface area contributed by atoms with E-state index in [-0.39, 0.29) is 0 Å². The summed E-state index contributed by atoms with van der Waals surface area (Å²) in [5, 5.41) is 6.49. The molecule has 1 amide bonds. The van der Waals surface area contributed by atoms with E-state index in [9.17, 15) is 4.79 Å². The molecule has 0 heterocycles. The summed E-state index contributed by atoms with van der Waals surface area (Å²) >= 11 is 0. The van der Waals surface area contributed by atoms with Gasteiger partial charge >= 0.3 is 0 Å². The summed E-state index contributed by atoms with van der Waals surface area (Å²) in [5.74, 6) is 1.61. The van der Waals surface area contributed by atoms with Crippen molar-refractivity contribution in [2.24, 2.45) is 10.7 Å². The summed E-state index contributed by atoms with van der Waals surface area (Å²) in [5.41, 5.74) is 7.75. The molecular weight excluding hydrogens is 344 g/mol. The Morgan fingerprint density at radius 1 is 1.04 bits per heavy atom. The highest BCUT2D eigenvalue weighted by Gasteiger charge is 2.06. The maximum atomic E-state index is 11.3. The Morgan fingerprint density at radius 2 is 1.81 bits per heavy atom. The van der Waals surface area contributed by atoms with Crippen molar-refractivity contribution in [3.05, 3.63) is 59.2 Å². The zero-order valence-corrected chi connectivity index (χ0v) is 15.9. The SMILES string of the molecule is CCNC(=NCc1cccc(C(N)=O)c1)NCc1ccc(OC)c(OC)c1. The summed E-state index contributed by atoms with van der Waals surface area (Å²) in [6.45, 7) is 3.75. The second-order valence-electron chi connectivity index (χ2n) is 5.80. The first-order valence-corrected chi connectivity index (χ1v) is 8.69. The first-order chi connectivity index (χ1) is 13.1. The van der Waals surface area contributed by atoms with E-state index in [1.807, 2.05) is 31.2 Å². The van der Waals surface area contributed by atoms with Crippen molar-refractivity contribution >= 4 is 11.9 Å². The minimum Gasteiger partial charge on any atom is -0.493 e. The zero-order chi connectivity index (χ0) is 19.6. The Bertz CT molecular complexity index is 806. The number of benzene rings is 2. The van der Waals surface area contributed by atoms with Gasteiger partial charge in [-0.15, -0.1) is 0 Å². The number of rotatable bonds is 8. The highest BCUT2D eigenvalue weighted by Crippen LogP contribution is 2.27. The largest absolute Gasteiger partial charge is 0.493 e. The molecule has 2 aromatic carbocycles. The molecule has 144 valence electrons. The average molecular weight is 370 g/mol. The summed E-state index contributed by atoms with van der Waals surface area (Å²) < 4.78 is 10.6. The molecule has 0 saturated carbocycles. The predicted octanol–water partition coefficient (Wildman–Crippen LogP) is 2.06. The second-order valence-corrected chi connectivity index (χ2v) is 5.80. The van der Waals surface area contributed by atoms with Crippen molar-refractivity contribution in [2.75, 3.05) is 20.8 Å². The fourth-order valence-electron chi connectivity index (χ4n) is 2.51. The standard InChI is InChI=1S/C20H26N4O3/c1-4-22-20(23-12-14-6-5-7-16(10-14)19(21)25)24-13-15-8-9-17(26-2)18(11-15)27-3/h5-11H,4,12-13H2,1-3H3,(H2,21,25)(H2,22,23,24). The fourth-order valence-corrected chi connectivity index (χ4v) is 2.51. The van der Waals surface area contributed by atoms with E-state index in [1.165, 1.54) is 0 Å². The van der Waals surface area contributed by atoms with Crippen LogP contribution in [0.2, 0.25) is 0 Å². The first-order valence-electron chi connectivity index (χ1n) is 8.69. The first kappa shape index (κ1) is 20.1. The fraction of sp³-hybridized carbons (Fsp3) is 0.300. The molecule has 0 aliphatic carbocycles. The molecule has 7 nitrogen and oxygen atoms in total. The van der Waals surface area contributed by atoms with Crippen molar-refractivity contribution in [1.29, 1.82) is 0 Å². The molecule has 0 bridgehead atoms. The smallest absolute Gasteiger partial charge is 0.248 e. The average Bonchev–Trinajstić information content (AvgIpc) is 2.70. The Kier molecular flexibility index (Phi) is 7.49. The second kappa shape index (κ2) is 10.1. The monoisotopic (exact) mass is 370 g/mol. The molecule has 0 atom stereocenters. The van der Waals surface area contributed by atoms with Crippen molar-refractivity contribution in [2.45, 2.75) is 20.0 Å². The van der Waals surface area contributed by atoms with Crippen LogP contribution in [-0.2, 0) is 13.1 Å². The van der Waals surface area contributed by atoms with Gasteiger partial charge in [0.2, 0.25) is 5.91 Å². The van der Waals surface area contributed by atoms with Crippen molar-refractivity contribution in [1.82, 2.24) is 10.6 Å². The predicted molar refractivity (Wildman–Crippen MR) is 106 cm³/mol. The number of nitrogens with two attached hydrogens (primary N) is 1. The third-order valence-corrected chi connectivity index (χ3v) is 3.88. The van der Waals surface area contributed by atoms with Gasteiger partial charge in [-0.2, -0.15) is 0 Å². The molecule has 27 heavy (non-hydrogen) atoms. The number of nitrogens with zero attached hydrogens (tertiary/aromatic N) is 1. The number of carbonyl (C=O) groups excluding carboxylic acids is 1. The quantitative estimate of drug-likeness (QED) is 0.488. The number of carbonyl (C=O) groups is 1. The topological polar surface area (TPSA) is 98.0 Å². The Morgan fingerprint density at radius 3 is 2.48 bits per heavy atom. The van der Waals surface area contributed by atoms with Crippen LogP contribution < -0.4 is 25.8 Å². The summed E-state index contributed by atoms with van der Waals surface area (Å²) in [6.07, 6.45) is 0. The van der Waals surface area contributed by atoms with E-state index in [0.29, 0.717) is 36.1 Å². The number of methoxy groups -OCH3 is 2. The Balaban J connectivity index is 2.05. The normalized spacial score (nSPS) is 11.0. The van der Waals surface area contributed by atoms with Crippen molar-refractivity contribution in [3.8, 4) is 11.5 Å². The number of amides is 1. The van der Waals surface area contributed by atoms with Crippen LogP contribution in [0.25, 0.3) is 0 Å². The molecule has 0 spiro atoms. The third kappa shape index (κ3) is 5.91. The van der Waals surface area contributed by atoms with Gasteiger partial charge in [-0.3, -0.25) is 4.79 Å². The van der Waals surface area contributed by atoms with Gasteiger partial charge in [0.1, 0.15) is 0 Å². The maximum Gasteiger partial charge on any atom is 0.248 e. The molecular formula is C20H26N4O3. The number of aliphatic imine (C=N–C) groups is 1. The van der Waals surface area contributed by atoms with Crippen LogP contribution in [-0.4, -0.2) is 32.6 Å². The minimum absolute atomic E-state index is 0.433. The molecule has 7 heteroatoms. The molecule has 0 saturated heterocycles. The lowest BCUT2D eigenvalue weighted by Gasteiger charge is -2.13. The van der Waals surface area contributed by atoms with Crippen LogP contribution in [0.5, 0.6) is 11.5 Å². The zero-order valence-electron chi connectivity index (χ0n) is 15.9. The van der Waals surface area contributed by atoms with Crippen LogP contribution >= 0.6 is 0 Å². The summed E-state index contributed by atoms with van der Waals surface area (Å²) in [4.78, 5) is 15.9. The number of guanidine groups is 1.